The predicted molar refractivity (Wildman–Crippen MR) is 97.7 cm³/mol. The van der Waals surface area contributed by atoms with Crippen molar-refractivity contribution in [2.24, 2.45) is 5.41 Å². The van der Waals surface area contributed by atoms with Gasteiger partial charge in [0.15, 0.2) is 0 Å². The van der Waals surface area contributed by atoms with Crippen molar-refractivity contribution in [3.05, 3.63) is 62.6 Å². The molecular formula is C20H25N3O2. The van der Waals surface area contributed by atoms with E-state index in [9.17, 15) is 9.59 Å². The number of aromatic amines is 1. The van der Waals surface area contributed by atoms with E-state index >= 15 is 0 Å². The molecule has 0 saturated heterocycles. The van der Waals surface area contributed by atoms with Crippen molar-refractivity contribution in [2.45, 2.75) is 53.0 Å². The third-order valence-electron chi connectivity index (χ3n) is 5.26. The van der Waals surface area contributed by atoms with E-state index in [2.05, 4.69) is 41.5 Å². The molecule has 5 heteroatoms. The molecule has 0 aliphatic heterocycles. The van der Waals surface area contributed by atoms with Crippen LogP contribution in [-0.4, -0.2) is 16.1 Å². The highest BCUT2D eigenvalue weighted by molar-refractivity contribution is 5.95. The normalized spacial score (nSPS) is 19.0. The molecule has 3 rings (SSSR count). The van der Waals surface area contributed by atoms with Crippen molar-refractivity contribution < 1.29 is 4.79 Å². The molecule has 1 atom stereocenters. The number of nitrogens with one attached hydrogen (secondary N) is 2. The number of rotatable bonds is 2. The summed E-state index contributed by atoms with van der Waals surface area (Å²) in [6, 6.07) is 8.15. The fraction of sp³-hybridized carbons (Fsp3) is 0.450. The lowest BCUT2D eigenvalue weighted by Crippen LogP contribution is -2.36. The molecule has 1 heterocycles. The number of benzene rings is 1. The zero-order valence-corrected chi connectivity index (χ0v) is 15.3. The summed E-state index contributed by atoms with van der Waals surface area (Å²) in [5.41, 5.74) is 3.55. The quantitative estimate of drug-likeness (QED) is 0.825. The van der Waals surface area contributed by atoms with Gasteiger partial charge in [-0.2, -0.15) is 5.10 Å². The van der Waals surface area contributed by atoms with Gasteiger partial charge in [0.2, 0.25) is 0 Å². The maximum absolute atomic E-state index is 12.9. The minimum absolute atomic E-state index is 0.103. The van der Waals surface area contributed by atoms with Crippen molar-refractivity contribution in [1.82, 2.24) is 15.5 Å². The molecule has 0 radical (unpaired) electrons. The zero-order valence-electron chi connectivity index (χ0n) is 15.3. The molecule has 1 aliphatic carbocycles. The standard InChI is InChI=1S/C20H25N3O2/c1-12-13(2)22-23-19(25)17(12)18(24)21-16-11-20(3,4)10-9-14-7-5-6-8-15(14)16/h5-8,16H,9-11H2,1-4H3,(H,21,24)(H,23,25)/t16-/m1/s1. The van der Waals surface area contributed by atoms with Crippen LogP contribution < -0.4 is 10.9 Å². The fourth-order valence-electron chi connectivity index (χ4n) is 3.60. The van der Waals surface area contributed by atoms with E-state index < -0.39 is 5.56 Å². The van der Waals surface area contributed by atoms with Gasteiger partial charge < -0.3 is 5.32 Å². The van der Waals surface area contributed by atoms with Crippen molar-refractivity contribution in [3.8, 4) is 0 Å². The summed E-state index contributed by atoms with van der Waals surface area (Å²) in [7, 11) is 0. The molecule has 1 aromatic heterocycles. The molecule has 0 bridgehead atoms. The predicted octanol–water partition coefficient (Wildman–Crippen LogP) is 3.22. The first-order chi connectivity index (χ1) is 11.8. The van der Waals surface area contributed by atoms with E-state index in [1.165, 1.54) is 5.56 Å². The van der Waals surface area contributed by atoms with E-state index in [0.29, 0.717) is 11.3 Å². The van der Waals surface area contributed by atoms with Crippen LogP contribution in [0.4, 0.5) is 0 Å². The molecule has 0 spiro atoms. The molecule has 5 nitrogen and oxygen atoms in total. The summed E-state index contributed by atoms with van der Waals surface area (Å²) >= 11 is 0. The molecule has 0 unspecified atom stereocenters. The maximum Gasteiger partial charge on any atom is 0.277 e. The first-order valence-electron chi connectivity index (χ1n) is 8.73. The zero-order chi connectivity index (χ0) is 18.2. The lowest BCUT2D eigenvalue weighted by Gasteiger charge is -2.27. The Morgan fingerprint density at radius 3 is 2.76 bits per heavy atom. The first-order valence-corrected chi connectivity index (χ1v) is 8.73. The lowest BCUT2D eigenvalue weighted by molar-refractivity contribution is 0.0922. The van der Waals surface area contributed by atoms with Gasteiger partial charge in [0.05, 0.1) is 11.7 Å². The lowest BCUT2D eigenvalue weighted by atomic mass is 9.83. The van der Waals surface area contributed by atoms with Gasteiger partial charge in [-0.25, -0.2) is 5.10 Å². The second kappa shape index (κ2) is 6.47. The van der Waals surface area contributed by atoms with Crippen LogP contribution in [0.3, 0.4) is 0 Å². The van der Waals surface area contributed by atoms with Crippen LogP contribution in [0.15, 0.2) is 29.1 Å². The average Bonchev–Trinajstić information content (AvgIpc) is 2.68. The molecule has 1 aliphatic rings. The van der Waals surface area contributed by atoms with Gasteiger partial charge in [-0.1, -0.05) is 38.1 Å². The van der Waals surface area contributed by atoms with Crippen LogP contribution in [0.25, 0.3) is 0 Å². The summed E-state index contributed by atoms with van der Waals surface area (Å²) in [5.74, 6) is -0.332. The van der Waals surface area contributed by atoms with E-state index in [-0.39, 0.29) is 22.9 Å². The molecule has 2 aromatic rings. The minimum Gasteiger partial charge on any atom is -0.345 e. The number of carbonyl (C=O) groups is 1. The largest absolute Gasteiger partial charge is 0.345 e. The minimum atomic E-state index is -0.443. The van der Waals surface area contributed by atoms with E-state index in [1.54, 1.807) is 13.8 Å². The summed E-state index contributed by atoms with van der Waals surface area (Å²) in [6.45, 7) is 8.00. The number of hydrogen-bond acceptors (Lipinski definition) is 3. The number of aromatic nitrogens is 2. The number of hydrogen-bond donors (Lipinski definition) is 2. The Hall–Kier alpha value is -2.43. The fourth-order valence-corrected chi connectivity index (χ4v) is 3.60. The molecule has 0 saturated carbocycles. The smallest absolute Gasteiger partial charge is 0.277 e. The SMILES string of the molecule is Cc1n[nH]c(=O)c(C(=O)N[C@@H]2CC(C)(C)CCc3ccccc32)c1C. The summed E-state index contributed by atoms with van der Waals surface area (Å²) in [5, 5.41) is 9.44. The molecule has 25 heavy (non-hydrogen) atoms. The van der Waals surface area contributed by atoms with Gasteiger partial charge in [-0.15, -0.1) is 0 Å². The topological polar surface area (TPSA) is 74.8 Å². The van der Waals surface area contributed by atoms with Gasteiger partial charge in [-0.3, -0.25) is 9.59 Å². The molecule has 1 amide bonds. The van der Waals surface area contributed by atoms with E-state index in [4.69, 9.17) is 0 Å². The van der Waals surface area contributed by atoms with E-state index in [1.807, 2.05) is 12.1 Å². The van der Waals surface area contributed by atoms with E-state index in [0.717, 1.165) is 24.8 Å². The van der Waals surface area contributed by atoms with Crippen LogP contribution in [-0.2, 0) is 6.42 Å². The highest BCUT2D eigenvalue weighted by Crippen LogP contribution is 2.39. The Kier molecular flexibility index (Phi) is 4.50. The Labute approximate surface area is 147 Å². The average molecular weight is 339 g/mol. The highest BCUT2D eigenvalue weighted by atomic mass is 16.2. The Balaban J connectivity index is 1.97. The van der Waals surface area contributed by atoms with Crippen molar-refractivity contribution >= 4 is 5.91 Å². The monoisotopic (exact) mass is 339 g/mol. The van der Waals surface area contributed by atoms with Crippen LogP contribution in [0.2, 0.25) is 0 Å². The van der Waals surface area contributed by atoms with Crippen LogP contribution in [0.1, 0.15) is 65.5 Å². The molecule has 0 fully saturated rings. The summed E-state index contributed by atoms with van der Waals surface area (Å²) in [6.07, 6.45) is 2.92. The van der Waals surface area contributed by atoms with Crippen molar-refractivity contribution in [3.63, 3.8) is 0 Å². The number of H-pyrrole nitrogens is 1. The van der Waals surface area contributed by atoms with Gasteiger partial charge >= 0.3 is 0 Å². The maximum atomic E-state index is 12.9. The van der Waals surface area contributed by atoms with Crippen LogP contribution in [0.5, 0.6) is 0 Å². The number of nitrogens with zero attached hydrogens (tertiary/aromatic N) is 1. The van der Waals surface area contributed by atoms with Crippen LogP contribution >= 0.6 is 0 Å². The number of carbonyl (C=O) groups excluding carboxylic acids is 1. The highest BCUT2D eigenvalue weighted by Gasteiger charge is 2.31. The van der Waals surface area contributed by atoms with Gasteiger partial charge in [0.25, 0.3) is 11.5 Å². The number of amides is 1. The third-order valence-corrected chi connectivity index (χ3v) is 5.26. The molecule has 1 aromatic carbocycles. The Morgan fingerprint density at radius 2 is 2.00 bits per heavy atom. The van der Waals surface area contributed by atoms with Crippen LogP contribution in [0, 0.1) is 19.3 Å². The summed E-state index contributed by atoms with van der Waals surface area (Å²) < 4.78 is 0. The second-order valence-corrected chi connectivity index (χ2v) is 7.73. The van der Waals surface area contributed by atoms with Crippen molar-refractivity contribution in [2.75, 3.05) is 0 Å². The number of fused-ring (bicyclic) bond motifs is 1. The molecular weight excluding hydrogens is 314 g/mol. The second-order valence-electron chi connectivity index (χ2n) is 7.73. The Morgan fingerprint density at radius 1 is 1.28 bits per heavy atom. The van der Waals surface area contributed by atoms with Gasteiger partial charge in [-0.05, 0) is 55.2 Å². The van der Waals surface area contributed by atoms with Gasteiger partial charge in [0.1, 0.15) is 5.56 Å². The first kappa shape index (κ1) is 17.4. The van der Waals surface area contributed by atoms with Crippen molar-refractivity contribution in [1.29, 1.82) is 0 Å². The Bertz CT molecular complexity index is 867. The molecule has 132 valence electrons. The third kappa shape index (κ3) is 3.50. The molecule has 2 N–H and O–H groups in total. The summed E-state index contributed by atoms with van der Waals surface area (Å²) in [4.78, 5) is 25.0. The van der Waals surface area contributed by atoms with Gasteiger partial charge in [0, 0.05) is 0 Å². The number of aryl methyl sites for hydroxylation is 2.